The molecule has 1 atom stereocenters. The largest absolute Gasteiger partial charge is 0.334 e. The molecule has 0 aliphatic heterocycles. The Morgan fingerprint density at radius 2 is 2.06 bits per heavy atom. The summed E-state index contributed by atoms with van der Waals surface area (Å²) in [6, 6.07) is 9.17. The molecule has 0 aliphatic rings. The Labute approximate surface area is 99.9 Å². The molecule has 0 aliphatic carbocycles. The van der Waals surface area contributed by atoms with Crippen LogP contribution in [-0.2, 0) is 0 Å². The number of hydrogen-bond acceptors (Lipinski definition) is 4. The predicted octanol–water partition coefficient (Wildman–Crippen LogP) is 3.12. The van der Waals surface area contributed by atoms with Gasteiger partial charge in [0.15, 0.2) is 5.82 Å². The summed E-state index contributed by atoms with van der Waals surface area (Å²) < 4.78 is 5.20. The van der Waals surface area contributed by atoms with Crippen molar-refractivity contribution >= 4 is 0 Å². The summed E-state index contributed by atoms with van der Waals surface area (Å²) >= 11 is 0. The summed E-state index contributed by atoms with van der Waals surface area (Å²) in [5.74, 6) is 1.53. The average Bonchev–Trinajstić information content (AvgIpc) is 2.87. The van der Waals surface area contributed by atoms with Crippen LogP contribution in [0.25, 0.3) is 11.5 Å². The highest BCUT2D eigenvalue weighted by atomic mass is 16.5. The van der Waals surface area contributed by atoms with E-state index in [0.717, 1.165) is 17.8 Å². The van der Waals surface area contributed by atoms with Crippen molar-refractivity contribution in [1.29, 1.82) is 5.26 Å². The zero-order chi connectivity index (χ0) is 12.3. The molecule has 1 aromatic carbocycles. The Morgan fingerprint density at radius 3 is 2.65 bits per heavy atom. The first-order valence-electron chi connectivity index (χ1n) is 5.58. The van der Waals surface area contributed by atoms with Crippen LogP contribution in [0.5, 0.6) is 0 Å². The molecular weight excluding hydrogens is 214 g/mol. The summed E-state index contributed by atoms with van der Waals surface area (Å²) in [5, 5.41) is 12.7. The lowest BCUT2D eigenvalue weighted by molar-refractivity contribution is 0.416. The van der Waals surface area contributed by atoms with Crippen LogP contribution >= 0.6 is 0 Å². The third kappa shape index (κ3) is 2.34. The van der Waals surface area contributed by atoms with Crippen LogP contribution in [0.4, 0.5) is 0 Å². The number of nitriles is 1. The van der Waals surface area contributed by atoms with Crippen molar-refractivity contribution in [2.45, 2.75) is 26.2 Å². The van der Waals surface area contributed by atoms with Crippen molar-refractivity contribution in [3.8, 4) is 17.5 Å². The third-order valence-corrected chi connectivity index (χ3v) is 2.76. The van der Waals surface area contributed by atoms with Gasteiger partial charge in [-0.1, -0.05) is 19.0 Å². The van der Waals surface area contributed by atoms with Crippen molar-refractivity contribution < 1.29 is 4.52 Å². The van der Waals surface area contributed by atoms with E-state index in [0.29, 0.717) is 17.4 Å². The Kier molecular flexibility index (Phi) is 3.20. The minimum absolute atomic E-state index is 0.297. The summed E-state index contributed by atoms with van der Waals surface area (Å²) in [5.41, 5.74) is 1.46. The Balaban J connectivity index is 2.28. The van der Waals surface area contributed by atoms with Crippen molar-refractivity contribution in [2.24, 2.45) is 0 Å². The fourth-order valence-corrected chi connectivity index (χ4v) is 1.42. The predicted molar refractivity (Wildman–Crippen MR) is 63.2 cm³/mol. The van der Waals surface area contributed by atoms with Gasteiger partial charge in [-0.15, -0.1) is 0 Å². The van der Waals surface area contributed by atoms with Gasteiger partial charge in [0.25, 0.3) is 5.89 Å². The molecular formula is C13H13N3O. The fourth-order valence-electron chi connectivity index (χ4n) is 1.42. The van der Waals surface area contributed by atoms with E-state index in [1.54, 1.807) is 12.1 Å². The van der Waals surface area contributed by atoms with Gasteiger partial charge >= 0.3 is 0 Å². The number of aromatic nitrogens is 2. The van der Waals surface area contributed by atoms with E-state index in [-0.39, 0.29) is 0 Å². The molecule has 1 aromatic heterocycles. The zero-order valence-corrected chi connectivity index (χ0v) is 9.84. The fraction of sp³-hybridized carbons (Fsp3) is 0.308. The second-order valence-electron chi connectivity index (χ2n) is 3.96. The SMILES string of the molecule is CCC(C)c1noc(-c2ccc(C#N)cc2)n1. The number of benzene rings is 1. The lowest BCUT2D eigenvalue weighted by Crippen LogP contribution is -1.93. The van der Waals surface area contributed by atoms with Crippen LogP contribution in [0.3, 0.4) is 0 Å². The van der Waals surface area contributed by atoms with Crippen LogP contribution in [0.1, 0.15) is 37.6 Å². The molecule has 0 bridgehead atoms. The molecule has 0 fully saturated rings. The van der Waals surface area contributed by atoms with E-state index in [1.165, 1.54) is 0 Å². The standard InChI is InChI=1S/C13H13N3O/c1-3-9(2)12-15-13(17-16-12)11-6-4-10(8-14)5-7-11/h4-7,9H,3H2,1-2H3. The molecule has 0 radical (unpaired) electrons. The third-order valence-electron chi connectivity index (χ3n) is 2.76. The summed E-state index contributed by atoms with van der Waals surface area (Å²) in [4.78, 5) is 4.35. The molecule has 0 saturated carbocycles. The van der Waals surface area contributed by atoms with E-state index in [2.05, 4.69) is 30.1 Å². The Hall–Kier alpha value is -2.15. The number of nitrogens with zero attached hydrogens (tertiary/aromatic N) is 3. The van der Waals surface area contributed by atoms with Crippen molar-refractivity contribution in [1.82, 2.24) is 10.1 Å². The van der Waals surface area contributed by atoms with Gasteiger partial charge in [-0.2, -0.15) is 10.2 Å². The molecule has 1 heterocycles. The van der Waals surface area contributed by atoms with Crippen LogP contribution < -0.4 is 0 Å². The van der Waals surface area contributed by atoms with Crippen molar-refractivity contribution in [2.75, 3.05) is 0 Å². The molecule has 0 saturated heterocycles. The molecule has 2 rings (SSSR count). The average molecular weight is 227 g/mol. The van der Waals surface area contributed by atoms with Gasteiger partial charge in [0.2, 0.25) is 0 Å². The maximum Gasteiger partial charge on any atom is 0.257 e. The van der Waals surface area contributed by atoms with E-state index < -0.39 is 0 Å². The molecule has 4 nitrogen and oxygen atoms in total. The number of rotatable bonds is 3. The minimum Gasteiger partial charge on any atom is -0.334 e. The number of hydrogen-bond donors (Lipinski definition) is 0. The lowest BCUT2D eigenvalue weighted by atomic mass is 10.1. The molecule has 86 valence electrons. The normalized spacial score (nSPS) is 12.1. The smallest absolute Gasteiger partial charge is 0.257 e. The van der Waals surface area contributed by atoms with Gasteiger partial charge in [0, 0.05) is 11.5 Å². The second kappa shape index (κ2) is 4.79. The summed E-state index contributed by atoms with van der Waals surface area (Å²) in [6.07, 6.45) is 0.979. The molecule has 2 aromatic rings. The topological polar surface area (TPSA) is 62.7 Å². The molecule has 0 N–H and O–H groups in total. The highest BCUT2D eigenvalue weighted by Crippen LogP contribution is 2.21. The monoisotopic (exact) mass is 227 g/mol. The Bertz CT molecular complexity index is 537. The summed E-state index contributed by atoms with van der Waals surface area (Å²) in [7, 11) is 0. The van der Waals surface area contributed by atoms with Crippen LogP contribution in [0.15, 0.2) is 28.8 Å². The molecule has 4 heteroatoms. The van der Waals surface area contributed by atoms with Gasteiger partial charge < -0.3 is 4.52 Å². The molecule has 17 heavy (non-hydrogen) atoms. The first-order chi connectivity index (χ1) is 8.24. The van der Waals surface area contributed by atoms with Gasteiger partial charge in [0.05, 0.1) is 11.6 Å². The quantitative estimate of drug-likeness (QED) is 0.808. The van der Waals surface area contributed by atoms with Gasteiger partial charge in [-0.05, 0) is 30.7 Å². The van der Waals surface area contributed by atoms with Crippen LogP contribution in [-0.4, -0.2) is 10.1 Å². The van der Waals surface area contributed by atoms with E-state index in [1.807, 2.05) is 12.1 Å². The zero-order valence-electron chi connectivity index (χ0n) is 9.84. The van der Waals surface area contributed by atoms with E-state index in [4.69, 9.17) is 9.78 Å². The minimum atomic E-state index is 0.297. The maximum atomic E-state index is 8.71. The van der Waals surface area contributed by atoms with Gasteiger partial charge in [-0.3, -0.25) is 0 Å². The molecule has 0 amide bonds. The van der Waals surface area contributed by atoms with Crippen LogP contribution in [0.2, 0.25) is 0 Å². The Morgan fingerprint density at radius 1 is 1.35 bits per heavy atom. The first kappa shape index (κ1) is 11.3. The first-order valence-corrected chi connectivity index (χ1v) is 5.58. The second-order valence-corrected chi connectivity index (χ2v) is 3.96. The molecule has 0 spiro atoms. The molecule has 1 unspecified atom stereocenters. The highest BCUT2D eigenvalue weighted by molar-refractivity contribution is 5.54. The van der Waals surface area contributed by atoms with E-state index >= 15 is 0 Å². The van der Waals surface area contributed by atoms with Gasteiger partial charge in [-0.25, -0.2) is 0 Å². The van der Waals surface area contributed by atoms with E-state index in [9.17, 15) is 0 Å². The van der Waals surface area contributed by atoms with Crippen LogP contribution in [0, 0.1) is 11.3 Å². The lowest BCUT2D eigenvalue weighted by Gasteiger charge is -1.98. The van der Waals surface area contributed by atoms with Crippen molar-refractivity contribution in [3.05, 3.63) is 35.7 Å². The van der Waals surface area contributed by atoms with Gasteiger partial charge in [0.1, 0.15) is 0 Å². The summed E-state index contributed by atoms with van der Waals surface area (Å²) in [6.45, 7) is 4.15. The maximum absolute atomic E-state index is 8.71. The highest BCUT2D eigenvalue weighted by Gasteiger charge is 2.13. The van der Waals surface area contributed by atoms with Crippen molar-refractivity contribution in [3.63, 3.8) is 0 Å².